The number of amides is 1. The molecule has 0 radical (unpaired) electrons. The summed E-state index contributed by atoms with van der Waals surface area (Å²) in [7, 11) is 0. The molecule has 1 aromatic heterocycles. The fourth-order valence-electron chi connectivity index (χ4n) is 4.50. The van der Waals surface area contributed by atoms with E-state index in [1.54, 1.807) is 18.0 Å². The van der Waals surface area contributed by atoms with Gasteiger partial charge in [-0.2, -0.15) is 0 Å². The van der Waals surface area contributed by atoms with E-state index in [0.29, 0.717) is 42.8 Å². The Morgan fingerprint density at radius 3 is 2.56 bits per heavy atom. The van der Waals surface area contributed by atoms with E-state index >= 15 is 0 Å². The van der Waals surface area contributed by atoms with Crippen LogP contribution in [0.2, 0.25) is 0 Å². The lowest BCUT2D eigenvalue weighted by Crippen LogP contribution is -2.44. The Morgan fingerprint density at radius 1 is 1.09 bits per heavy atom. The fourth-order valence-corrected chi connectivity index (χ4v) is 4.50. The number of nitrogens with zero attached hydrogens (tertiary/aromatic N) is 4. The number of rotatable bonds is 5. The average Bonchev–Trinajstić information content (AvgIpc) is 2.84. The van der Waals surface area contributed by atoms with Gasteiger partial charge in [0.1, 0.15) is 11.4 Å². The summed E-state index contributed by atoms with van der Waals surface area (Å²) in [5, 5.41) is 0. The molecule has 2 aliphatic heterocycles. The number of ether oxygens (including phenoxy) is 1. The second kappa shape index (κ2) is 10.1. The maximum atomic E-state index is 13.6. The van der Waals surface area contributed by atoms with Crippen LogP contribution in [0.3, 0.4) is 0 Å². The van der Waals surface area contributed by atoms with E-state index in [2.05, 4.69) is 16.8 Å². The van der Waals surface area contributed by atoms with Gasteiger partial charge in [-0.1, -0.05) is 37.3 Å². The molecule has 2 saturated heterocycles. The summed E-state index contributed by atoms with van der Waals surface area (Å²) in [5.74, 6) is 1.41. The van der Waals surface area contributed by atoms with Gasteiger partial charge in [0.15, 0.2) is 5.82 Å². The first-order valence-corrected chi connectivity index (χ1v) is 11.7. The molecule has 2 fully saturated rings. The van der Waals surface area contributed by atoms with Gasteiger partial charge in [-0.3, -0.25) is 9.59 Å². The van der Waals surface area contributed by atoms with Crippen LogP contribution >= 0.6 is 0 Å². The van der Waals surface area contributed by atoms with Gasteiger partial charge in [0, 0.05) is 37.9 Å². The van der Waals surface area contributed by atoms with E-state index in [-0.39, 0.29) is 17.8 Å². The minimum absolute atomic E-state index is 0.104. The number of hydrogen-bond acceptors (Lipinski definition) is 6. The highest BCUT2D eigenvalue weighted by Gasteiger charge is 2.32. The summed E-state index contributed by atoms with van der Waals surface area (Å²) in [6, 6.07) is 9.85. The normalized spacial score (nSPS) is 19.6. The third kappa shape index (κ3) is 4.92. The number of anilines is 1. The smallest absolute Gasteiger partial charge is 0.310 e. The molecule has 0 bridgehead atoms. The number of likely N-dealkylation sites (tertiary alicyclic amines) is 1. The fraction of sp³-hybridized carbons (Fsp3) is 0.520. The minimum Gasteiger partial charge on any atom is -0.466 e. The molecule has 0 spiro atoms. The van der Waals surface area contributed by atoms with Crippen LogP contribution in [0.25, 0.3) is 11.4 Å². The molecule has 4 rings (SSSR count). The van der Waals surface area contributed by atoms with Gasteiger partial charge in [-0.15, -0.1) is 0 Å². The van der Waals surface area contributed by atoms with Gasteiger partial charge >= 0.3 is 5.97 Å². The van der Waals surface area contributed by atoms with Crippen molar-refractivity contribution in [1.82, 2.24) is 14.9 Å². The molecule has 170 valence electrons. The van der Waals surface area contributed by atoms with Crippen LogP contribution < -0.4 is 4.90 Å². The maximum Gasteiger partial charge on any atom is 0.310 e. The molecular formula is C25H32N4O3. The third-order valence-corrected chi connectivity index (χ3v) is 6.44. The second-order valence-corrected chi connectivity index (χ2v) is 8.81. The van der Waals surface area contributed by atoms with Gasteiger partial charge in [-0.05, 0) is 38.5 Å². The zero-order valence-corrected chi connectivity index (χ0v) is 19.0. The standard InChI is InChI=1S/C25H32N4O3/c1-3-32-25(31)20-10-7-13-29(17-20)24(30)21-16-26-22(19-8-5-4-6-9-19)27-23(21)28-14-11-18(2)12-15-28/h4-6,8-9,16,18,20H,3,7,10-15,17H2,1-2H3. The van der Waals surface area contributed by atoms with Crippen LogP contribution in [0.1, 0.15) is 49.9 Å². The molecule has 3 heterocycles. The van der Waals surface area contributed by atoms with Crippen molar-refractivity contribution in [2.45, 2.75) is 39.5 Å². The van der Waals surface area contributed by atoms with Crippen molar-refractivity contribution in [3.63, 3.8) is 0 Å². The molecule has 7 nitrogen and oxygen atoms in total. The SMILES string of the molecule is CCOC(=O)C1CCCN(C(=O)c2cnc(-c3ccccc3)nc2N2CCC(C)CC2)C1. The molecule has 1 aromatic carbocycles. The average molecular weight is 437 g/mol. The highest BCUT2D eigenvalue weighted by molar-refractivity contribution is 5.99. The largest absolute Gasteiger partial charge is 0.466 e. The van der Waals surface area contributed by atoms with Crippen LogP contribution in [0.15, 0.2) is 36.5 Å². The Hall–Kier alpha value is -2.96. The molecule has 2 aliphatic rings. The van der Waals surface area contributed by atoms with Crippen molar-refractivity contribution in [3.05, 3.63) is 42.1 Å². The van der Waals surface area contributed by atoms with Crippen LogP contribution in [0.4, 0.5) is 5.82 Å². The second-order valence-electron chi connectivity index (χ2n) is 8.81. The van der Waals surface area contributed by atoms with Crippen LogP contribution in [-0.2, 0) is 9.53 Å². The van der Waals surface area contributed by atoms with E-state index in [4.69, 9.17) is 9.72 Å². The number of esters is 1. The van der Waals surface area contributed by atoms with Gasteiger partial charge in [0.2, 0.25) is 0 Å². The molecule has 32 heavy (non-hydrogen) atoms. The van der Waals surface area contributed by atoms with Gasteiger partial charge in [0.25, 0.3) is 5.91 Å². The predicted octanol–water partition coefficient (Wildman–Crippen LogP) is 3.80. The highest BCUT2D eigenvalue weighted by Crippen LogP contribution is 2.29. The first-order valence-electron chi connectivity index (χ1n) is 11.7. The summed E-state index contributed by atoms with van der Waals surface area (Å²) in [5.41, 5.74) is 1.45. The van der Waals surface area contributed by atoms with Crippen molar-refractivity contribution in [2.24, 2.45) is 11.8 Å². The number of piperidine rings is 2. The molecular weight excluding hydrogens is 404 g/mol. The van der Waals surface area contributed by atoms with Gasteiger partial charge in [0.05, 0.1) is 12.5 Å². The molecule has 7 heteroatoms. The molecule has 2 aromatic rings. The third-order valence-electron chi connectivity index (χ3n) is 6.44. The van der Waals surface area contributed by atoms with E-state index < -0.39 is 0 Å². The number of benzene rings is 1. The van der Waals surface area contributed by atoms with Crippen LogP contribution in [-0.4, -0.2) is 59.5 Å². The highest BCUT2D eigenvalue weighted by atomic mass is 16.5. The zero-order valence-electron chi connectivity index (χ0n) is 19.0. The lowest BCUT2D eigenvalue weighted by Gasteiger charge is -2.35. The first-order chi connectivity index (χ1) is 15.6. The van der Waals surface area contributed by atoms with Crippen molar-refractivity contribution in [2.75, 3.05) is 37.7 Å². The van der Waals surface area contributed by atoms with Crippen molar-refractivity contribution in [1.29, 1.82) is 0 Å². The van der Waals surface area contributed by atoms with Gasteiger partial charge < -0.3 is 14.5 Å². The van der Waals surface area contributed by atoms with Crippen LogP contribution in [0.5, 0.6) is 0 Å². The Morgan fingerprint density at radius 2 is 1.84 bits per heavy atom. The van der Waals surface area contributed by atoms with Crippen molar-refractivity contribution in [3.8, 4) is 11.4 Å². The molecule has 1 amide bonds. The molecule has 0 aliphatic carbocycles. The number of carbonyl (C=O) groups excluding carboxylic acids is 2. The lowest BCUT2D eigenvalue weighted by atomic mass is 9.97. The van der Waals surface area contributed by atoms with Gasteiger partial charge in [-0.25, -0.2) is 9.97 Å². The van der Waals surface area contributed by atoms with E-state index in [1.165, 1.54) is 0 Å². The van der Waals surface area contributed by atoms with E-state index in [9.17, 15) is 9.59 Å². The number of carbonyl (C=O) groups is 2. The Balaban J connectivity index is 1.63. The molecule has 0 saturated carbocycles. The molecule has 1 atom stereocenters. The Labute approximate surface area is 189 Å². The summed E-state index contributed by atoms with van der Waals surface area (Å²) in [6.45, 7) is 7.19. The van der Waals surface area contributed by atoms with Crippen molar-refractivity contribution < 1.29 is 14.3 Å². The lowest BCUT2D eigenvalue weighted by molar-refractivity contribution is -0.149. The molecule has 0 N–H and O–H groups in total. The summed E-state index contributed by atoms with van der Waals surface area (Å²) in [6.07, 6.45) is 5.36. The first kappa shape index (κ1) is 22.2. The topological polar surface area (TPSA) is 75.6 Å². The van der Waals surface area contributed by atoms with E-state index in [0.717, 1.165) is 44.3 Å². The number of aromatic nitrogens is 2. The van der Waals surface area contributed by atoms with E-state index in [1.807, 2.05) is 30.3 Å². The zero-order chi connectivity index (χ0) is 22.5. The minimum atomic E-state index is -0.267. The predicted molar refractivity (Wildman–Crippen MR) is 123 cm³/mol. The van der Waals surface area contributed by atoms with Crippen molar-refractivity contribution >= 4 is 17.7 Å². The summed E-state index contributed by atoms with van der Waals surface area (Å²) >= 11 is 0. The Bertz CT molecular complexity index is 941. The maximum absolute atomic E-state index is 13.6. The summed E-state index contributed by atoms with van der Waals surface area (Å²) in [4.78, 5) is 39.2. The molecule has 1 unspecified atom stereocenters. The Kier molecular flexibility index (Phi) is 7.02. The monoisotopic (exact) mass is 436 g/mol. The quantitative estimate of drug-likeness (QED) is 0.664. The van der Waals surface area contributed by atoms with Crippen LogP contribution in [0, 0.1) is 11.8 Å². The number of hydrogen-bond donors (Lipinski definition) is 0. The summed E-state index contributed by atoms with van der Waals surface area (Å²) < 4.78 is 5.20.